The van der Waals surface area contributed by atoms with E-state index in [0.717, 1.165) is 36.1 Å². The third-order valence-corrected chi connectivity index (χ3v) is 7.24. The number of hydrogen-bond donors (Lipinski definition) is 2. The SMILES string of the molecule is CCc1ccccc1N(C(=O)CNC(=O)c1ccco1)[C@H](C(=O)NC1CCCCC1)c1cccs1. The molecule has 4 rings (SSSR count). The standard InChI is InChI=1S/C27H31N3O4S/c1-2-19-10-6-7-13-21(19)30(24(31)18-28-26(32)22-14-8-16-34-22)25(23-15-9-17-35-23)27(33)29-20-11-4-3-5-12-20/h6-10,13-17,20,25H,2-5,11-12,18H2,1H3,(H,28,32)(H,29,33)/t25-/m0/s1. The van der Waals surface area contributed by atoms with E-state index in [2.05, 4.69) is 10.6 Å². The fourth-order valence-electron chi connectivity index (χ4n) is 4.55. The molecule has 2 N–H and O–H groups in total. The first-order valence-corrected chi connectivity index (χ1v) is 13.0. The van der Waals surface area contributed by atoms with E-state index in [1.54, 1.807) is 11.0 Å². The summed E-state index contributed by atoms with van der Waals surface area (Å²) in [5.74, 6) is -0.923. The van der Waals surface area contributed by atoms with Gasteiger partial charge < -0.3 is 15.1 Å². The van der Waals surface area contributed by atoms with Crippen molar-refractivity contribution < 1.29 is 18.8 Å². The van der Waals surface area contributed by atoms with Crippen molar-refractivity contribution in [1.29, 1.82) is 0 Å². The lowest BCUT2D eigenvalue weighted by molar-refractivity contribution is -0.126. The van der Waals surface area contributed by atoms with Crippen molar-refractivity contribution in [2.24, 2.45) is 0 Å². The number of anilines is 1. The van der Waals surface area contributed by atoms with Crippen LogP contribution in [0, 0.1) is 0 Å². The second kappa shape index (κ2) is 11.8. The predicted octanol–water partition coefficient (Wildman–Crippen LogP) is 4.86. The van der Waals surface area contributed by atoms with E-state index < -0.39 is 11.9 Å². The number of aryl methyl sites for hydroxylation is 1. The molecule has 2 aromatic heterocycles. The molecule has 8 heteroatoms. The zero-order valence-corrected chi connectivity index (χ0v) is 20.7. The number of carbonyl (C=O) groups is 3. The maximum Gasteiger partial charge on any atom is 0.287 e. The Labute approximate surface area is 209 Å². The maximum atomic E-state index is 13.8. The Morgan fingerprint density at radius 1 is 1.06 bits per heavy atom. The van der Waals surface area contributed by atoms with E-state index in [4.69, 9.17) is 4.42 Å². The van der Waals surface area contributed by atoms with Crippen LogP contribution in [0.3, 0.4) is 0 Å². The van der Waals surface area contributed by atoms with E-state index in [9.17, 15) is 14.4 Å². The van der Waals surface area contributed by atoms with Crippen LogP contribution in [0.5, 0.6) is 0 Å². The molecular formula is C27H31N3O4S. The summed E-state index contributed by atoms with van der Waals surface area (Å²) in [5.41, 5.74) is 1.62. The smallest absolute Gasteiger partial charge is 0.287 e. The van der Waals surface area contributed by atoms with Crippen LogP contribution >= 0.6 is 11.3 Å². The van der Waals surface area contributed by atoms with Crippen molar-refractivity contribution in [3.8, 4) is 0 Å². The number of furan rings is 1. The number of carbonyl (C=O) groups excluding carboxylic acids is 3. The number of nitrogens with zero attached hydrogens (tertiary/aromatic N) is 1. The van der Waals surface area contributed by atoms with Crippen LogP contribution in [0.1, 0.15) is 66.1 Å². The van der Waals surface area contributed by atoms with Crippen LogP contribution in [-0.4, -0.2) is 30.3 Å². The Bertz CT molecular complexity index is 1120. The van der Waals surface area contributed by atoms with E-state index in [-0.39, 0.29) is 30.2 Å². The van der Waals surface area contributed by atoms with Crippen molar-refractivity contribution >= 4 is 34.7 Å². The van der Waals surface area contributed by atoms with Crippen molar-refractivity contribution in [3.05, 3.63) is 76.4 Å². The first-order chi connectivity index (χ1) is 17.1. The second-order valence-electron chi connectivity index (χ2n) is 8.67. The van der Waals surface area contributed by atoms with Crippen molar-refractivity contribution in [2.45, 2.75) is 57.5 Å². The molecule has 0 radical (unpaired) electrons. The Morgan fingerprint density at radius 2 is 1.86 bits per heavy atom. The van der Waals surface area contributed by atoms with Crippen molar-refractivity contribution in [1.82, 2.24) is 10.6 Å². The molecule has 0 aliphatic heterocycles. The lowest BCUT2D eigenvalue weighted by Crippen LogP contribution is -2.49. The first kappa shape index (κ1) is 24.7. The number of rotatable bonds is 9. The highest BCUT2D eigenvalue weighted by Gasteiger charge is 2.35. The molecule has 0 unspecified atom stereocenters. The first-order valence-electron chi connectivity index (χ1n) is 12.1. The lowest BCUT2D eigenvalue weighted by atomic mass is 9.95. The Morgan fingerprint density at radius 3 is 2.54 bits per heavy atom. The van der Waals surface area contributed by atoms with Crippen molar-refractivity contribution in [3.63, 3.8) is 0 Å². The second-order valence-corrected chi connectivity index (χ2v) is 9.65. The van der Waals surface area contributed by atoms with Gasteiger partial charge >= 0.3 is 0 Å². The van der Waals surface area contributed by atoms with Gasteiger partial charge in [-0.2, -0.15) is 0 Å². The Balaban J connectivity index is 1.66. The highest BCUT2D eigenvalue weighted by molar-refractivity contribution is 7.10. The fourth-order valence-corrected chi connectivity index (χ4v) is 5.36. The third-order valence-electron chi connectivity index (χ3n) is 6.32. The summed E-state index contributed by atoms with van der Waals surface area (Å²) in [6.07, 6.45) is 7.36. The van der Waals surface area contributed by atoms with Crippen LogP contribution in [0.2, 0.25) is 0 Å². The van der Waals surface area contributed by atoms with Crippen molar-refractivity contribution in [2.75, 3.05) is 11.4 Å². The third kappa shape index (κ3) is 6.00. The maximum absolute atomic E-state index is 13.8. The molecule has 3 amide bonds. The van der Waals surface area contributed by atoms with E-state index in [0.29, 0.717) is 12.1 Å². The normalized spacial score (nSPS) is 14.8. The van der Waals surface area contributed by atoms with Gasteiger partial charge in [0, 0.05) is 16.6 Å². The lowest BCUT2D eigenvalue weighted by Gasteiger charge is -2.33. The molecule has 1 saturated carbocycles. The monoisotopic (exact) mass is 493 g/mol. The fraction of sp³-hybridized carbons (Fsp3) is 0.370. The summed E-state index contributed by atoms with van der Waals surface area (Å²) in [7, 11) is 0. The molecule has 3 aromatic rings. The van der Waals surface area contributed by atoms with Gasteiger partial charge in [-0.25, -0.2) is 0 Å². The average molecular weight is 494 g/mol. The Kier molecular flexibility index (Phi) is 8.36. The molecule has 1 aliphatic rings. The van der Waals surface area contributed by atoms with E-state index >= 15 is 0 Å². The molecule has 0 bridgehead atoms. The topological polar surface area (TPSA) is 91.7 Å². The molecule has 184 valence electrons. The van der Waals surface area contributed by atoms with Gasteiger partial charge in [0.2, 0.25) is 11.8 Å². The summed E-state index contributed by atoms with van der Waals surface area (Å²) in [5, 5.41) is 7.76. The van der Waals surface area contributed by atoms with Gasteiger partial charge in [-0.05, 0) is 54.5 Å². The van der Waals surface area contributed by atoms with Gasteiger partial charge in [0.05, 0.1) is 12.8 Å². The number of thiophene rings is 1. The van der Waals surface area contributed by atoms with Crippen LogP contribution in [0.25, 0.3) is 0 Å². The molecule has 35 heavy (non-hydrogen) atoms. The van der Waals surface area contributed by atoms with E-state index in [1.165, 1.54) is 30.1 Å². The summed E-state index contributed by atoms with van der Waals surface area (Å²) >= 11 is 1.44. The predicted molar refractivity (Wildman–Crippen MR) is 136 cm³/mol. The summed E-state index contributed by atoms with van der Waals surface area (Å²) < 4.78 is 5.14. The summed E-state index contributed by atoms with van der Waals surface area (Å²) in [6, 6.07) is 13.8. The summed E-state index contributed by atoms with van der Waals surface area (Å²) in [6.45, 7) is 1.75. The number of benzene rings is 1. The average Bonchev–Trinajstić information content (AvgIpc) is 3.61. The van der Waals surface area contributed by atoms with Crippen LogP contribution in [0.4, 0.5) is 5.69 Å². The molecule has 2 heterocycles. The minimum absolute atomic E-state index is 0.107. The molecule has 1 aliphatic carbocycles. The quantitative estimate of drug-likeness (QED) is 0.445. The molecular weight excluding hydrogens is 462 g/mol. The minimum atomic E-state index is -0.836. The number of hydrogen-bond acceptors (Lipinski definition) is 5. The summed E-state index contributed by atoms with van der Waals surface area (Å²) in [4.78, 5) is 42.2. The van der Waals surface area contributed by atoms with Gasteiger partial charge in [-0.15, -0.1) is 11.3 Å². The number of nitrogens with one attached hydrogen (secondary N) is 2. The van der Waals surface area contributed by atoms with Crippen LogP contribution < -0.4 is 15.5 Å². The number of amides is 3. The van der Waals surface area contributed by atoms with E-state index in [1.807, 2.05) is 48.7 Å². The molecule has 0 spiro atoms. The molecule has 7 nitrogen and oxygen atoms in total. The van der Waals surface area contributed by atoms with Gasteiger partial charge in [-0.1, -0.05) is 50.5 Å². The zero-order chi connectivity index (χ0) is 24.6. The van der Waals surface area contributed by atoms with Gasteiger partial charge in [0.25, 0.3) is 5.91 Å². The number of para-hydroxylation sites is 1. The molecule has 1 aromatic carbocycles. The largest absolute Gasteiger partial charge is 0.459 e. The molecule has 1 atom stereocenters. The van der Waals surface area contributed by atoms with Gasteiger partial charge in [0.1, 0.15) is 6.04 Å². The van der Waals surface area contributed by atoms with Crippen LogP contribution in [0.15, 0.2) is 64.6 Å². The van der Waals surface area contributed by atoms with Gasteiger partial charge in [0.15, 0.2) is 5.76 Å². The highest BCUT2D eigenvalue weighted by atomic mass is 32.1. The Hall–Kier alpha value is -3.39. The zero-order valence-electron chi connectivity index (χ0n) is 19.9. The highest BCUT2D eigenvalue weighted by Crippen LogP contribution is 2.33. The minimum Gasteiger partial charge on any atom is -0.459 e. The van der Waals surface area contributed by atoms with Gasteiger partial charge in [-0.3, -0.25) is 19.3 Å². The molecule has 1 fully saturated rings. The van der Waals surface area contributed by atoms with Crippen LogP contribution in [-0.2, 0) is 16.0 Å². The molecule has 0 saturated heterocycles.